The highest BCUT2D eigenvalue weighted by Crippen LogP contribution is 2.39. The average Bonchev–Trinajstić information content (AvgIpc) is 3.22. The van der Waals surface area contributed by atoms with Crippen LogP contribution in [-0.2, 0) is 12.8 Å². The van der Waals surface area contributed by atoms with Crippen LogP contribution in [0.3, 0.4) is 0 Å². The van der Waals surface area contributed by atoms with Gasteiger partial charge in [-0.25, -0.2) is 9.37 Å². The number of aromatic amines is 2. The van der Waals surface area contributed by atoms with E-state index >= 15 is 0 Å². The largest absolute Gasteiger partial charge is 0.282 e. The van der Waals surface area contributed by atoms with Crippen LogP contribution in [0.2, 0.25) is 0 Å². The summed E-state index contributed by atoms with van der Waals surface area (Å²) in [7, 11) is 0. The predicted molar refractivity (Wildman–Crippen MR) is 261 cm³/mol. The molecule has 4 aromatic rings. The molecule has 3 heterocycles. The molecule has 0 saturated heterocycles. The molecule has 5 rings (SSSR count). The van der Waals surface area contributed by atoms with Crippen molar-refractivity contribution in [2.75, 3.05) is 0 Å². The van der Waals surface area contributed by atoms with Crippen molar-refractivity contribution in [3.8, 4) is 11.3 Å². The number of hydrogen-bond acceptors (Lipinski definition) is 3. The van der Waals surface area contributed by atoms with Crippen LogP contribution in [0, 0.1) is 12.7 Å². The number of rotatable bonds is 1. The maximum atomic E-state index is 14.8. The first-order valence-corrected chi connectivity index (χ1v) is 8.21. The molecule has 7 heteroatoms. The second-order valence-corrected chi connectivity index (χ2v) is 6.45. The van der Waals surface area contributed by atoms with E-state index < -0.39 is 0 Å². The standard InChI is InChI=1S/C18H16FN5.H2S.76H2/c1-9-12(7-20-23-9)17-11-5-3-2-4-10(11)16-13-8-21-24-15(13)6-14(19)18(16)22-17;;;;;;;;;;;;;;;;;;;;;;;;;;;;;;;;;;;;;;;;;;;;;;;;;;;;;;;;;;;;;;;;;;;;;;;;;;;;;/h6-8H,2-5H2,1H3,(H,20,23)(H,21,24);1H2;76*1H. The van der Waals surface area contributed by atoms with E-state index in [0.29, 0.717) is 5.52 Å². The van der Waals surface area contributed by atoms with Crippen LogP contribution in [0.5, 0.6) is 0 Å². The van der Waals surface area contributed by atoms with E-state index in [9.17, 15) is 4.39 Å². The Morgan fingerprint density at radius 3 is 2.60 bits per heavy atom. The van der Waals surface area contributed by atoms with Gasteiger partial charge in [0.2, 0.25) is 0 Å². The monoisotopic (exact) mass is 508 g/mol. The zero-order valence-corrected chi connectivity index (χ0v) is 14.8. The quantitative estimate of drug-likeness (QED) is 0.268. The van der Waals surface area contributed by atoms with Crippen molar-refractivity contribution in [3.63, 3.8) is 0 Å². The molecule has 0 unspecified atom stereocenters. The molecule has 0 atom stereocenters. The van der Waals surface area contributed by atoms with Crippen molar-refractivity contribution >= 4 is 35.3 Å². The van der Waals surface area contributed by atoms with Crippen molar-refractivity contribution in [2.24, 2.45) is 0 Å². The lowest BCUT2D eigenvalue weighted by molar-refractivity contribution is 0.636. The zero-order chi connectivity index (χ0) is 16.3. The Morgan fingerprint density at radius 2 is 1.84 bits per heavy atom. The average molecular weight is 509 g/mol. The molecule has 5 nitrogen and oxygen atoms in total. The fourth-order valence-corrected chi connectivity index (χ4v) is 3.90. The molecule has 0 fully saturated rings. The Balaban J connectivity index is -0.00000000143. The normalized spacial score (nSPS) is 13.8. The maximum absolute atomic E-state index is 14.8. The molecule has 2 N–H and O–H groups in total. The van der Waals surface area contributed by atoms with Crippen molar-refractivity contribution in [1.29, 1.82) is 0 Å². The number of hydrogen-bond donors (Lipinski definition) is 2. The Hall–Kier alpha value is -2.41. The van der Waals surface area contributed by atoms with Gasteiger partial charge in [-0.05, 0) is 43.7 Å². The summed E-state index contributed by atoms with van der Waals surface area (Å²) in [5, 5.41) is 15.9. The number of pyridine rings is 1. The molecule has 0 spiro atoms. The van der Waals surface area contributed by atoms with Gasteiger partial charge in [0.05, 0.1) is 23.6 Å². The number of aromatic nitrogens is 5. The van der Waals surface area contributed by atoms with E-state index in [1.807, 2.05) is 6.92 Å². The van der Waals surface area contributed by atoms with Gasteiger partial charge >= 0.3 is 0 Å². The van der Waals surface area contributed by atoms with Crippen LogP contribution in [0.4, 0.5) is 4.39 Å². The van der Waals surface area contributed by atoms with Crippen LogP contribution < -0.4 is 0 Å². The van der Waals surface area contributed by atoms with E-state index in [1.165, 1.54) is 17.2 Å². The second kappa shape index (κ2) is 5.84. The van der Waals surface area contributed by atoms with Crippen LogP contribution in [-0.4, -0.2) is 25.4 Å². The highest BCUT2D eigenvalue weighted by Gasteiger charge is 2.24. The molecule has 1 aliphatic rings. The van der Waals surface area contributed by atoms with E-state index in [1.54, 1.807) is 12.4 Å². The number of aryl methyl sites for hydroxylation is 2. The van der Waals surface area contributed by atoms with Gasteiger partial charge in [-0.3, -0.25) is 10.2 Å². The van der Waals surface area contributed by atoms with E-state index in [2.05, 4.69) is 20.4 Å². The van der Waals surface area contributed by atoms with Gasteiger partial charge in [0, 0.05) is 137 Å². The van der Waals surface area contributed by atoms with Gasteiger partial charge in [0.15, 0.2) is 5.82 Å². The van der Waals surface area contributed by atoms with Crippen LogP contribution in [0.1, 0.15) is 138 Å². The first-order chi connectivity index (χ1) is 11.7. The number of fused-ring (bicyclic) bond motifs is 5. The van der Waals surface area contributed by atoms with Gasteiger partial charge in [-0.1, -0.05) is 0 Å². The predicted octanol–water partition coefficient (Wildman–Crippen LogP) is 22.6. The third kappa shape index (κ3) is 2.26. The summed E-state index contributed by atoms with van der Waals surface area (Å²) in [6.07, 6.45) is 7.72. The summed E-state index contributed by atoms with van der Waals surface area (Å²) in [5.41, 5.74) is 6.38. The molecular weight excluding hydrogens is 337 g/mol. The van der Waals surface area contributed by atoms with Crippen molar-refractivity contribution in [1.82, 2.24) is 25.4 Å². The number of halogens is 1. The molecule has 0 saturated carbocycles. The third-order valence-corrected chi connectivity index (χ3v) is 5.04. The molecular formula is C18H170FN5S. The van der Waals surface area contributed by atoms with Crippen LogP contribution in [0.25, 0.3) is 33.1 Å². The van der Waals surface area contributed by atoms with E-state index in [4.69, 9.17) is 4.98 Å². The summed E-state index contributed by atoms with van der Waals surface area (Å²) in [6.45, 7) is 1.97. The highest BCUT2D eigenvalue weighted by atomic mass is 32.1. The molecule has 1 aromatic carbocycles. The summed E-state index contributed by atoms with van der Waals surface area (Å²) >= 11 is 0. The minimum absolute atomic E-state index is 0. The minimum atomic E-state index is -0.308. The lowest BCUT2D eigenvalue weighted by atomic mass is 9.85. The molecule has 0 bridgehead atoms. The smallest absolute Gasteiger partial charge is 0.151 e. The summed E-state index contributed by atoms with van der Waals surface area (Å²) < 4.78 is 14.8. The number of benzene rings is 1. The fourth-order valence-electron chi connectivity index (χ4n) is 3.90. The second-order valence-electron chi connectivity index (χ2n) is 6.45. The molecule has 25 heavy (non-hydrogen) atoms. The van der Waals surface area contributed by atoms with Gasteiger partial charge in [-0.2, -0.15) is 23.7 Å². The molecule has 1 aliphatic carbocycles. The first kappa shape index (κ1) is 16.1. The van der Waals surface area contributed by atoms with Gasteiger partial charge in [0.1, 0.15) is 5.52 Å². The van der Waals surface area contributed by atoms with Gasteiger partial charge < -0.3 is 0 Å². The minimum Gasteiger partial charge on any atom is -0.282 e. The number of H-pyrrole nitrogens is 2. The summed E-state index contributed by atoms with van der Waals surface area (Å²) in [6, 6.07) is 1.49. The maximum Gasteiger partial charge on any atom is 0.151 e. The Labute approximate surface area is 263 Å². The van der Waals surface area contributed by atoms with E-state index in [0.717, 1.165) is 58.9 Å². The third-order valence-electron chi connectivity index (χ3n) is 5.04. The lowest BCUT2D eigenvalue weighted by Gasteiger charge is -2.21. The number of nitrogens with zero attached hydrogens (tertiary/aromatic N) is 3. The molecule has 0 aliphatic heterocycles. The molecule has 3 aromatic heterocycles. The molecule has 0 amide bonds. The molecule has 0 radical (unpaired) electrons. The van der Waals surface area contributed by atoms with Gasteiger partial charge in [0.25, 0.3) is 0 Å². The van der Waals surface area contributed by atoms with E-state index in [-0.39, 0.29) is 128 Å². The summed E-state index contributed by atoms with van der Waals surface area (Å²) in [5.74, 6) is -0.308. The van der Waals surface area contributed by atoms with Gasteiger partial charge in [-0.15, -0.1) is 0 Å². The first-order valence-electron chi connectivity index (χ1n) is 8.21. The Bertz CT molecular complexity index is 1180. The number of nitrogens with one attached hydrogen (secondary N) is 2. The van der Waals surface area contributed by atoms with Crippen LogP contribution in [0.15, 0.2) is 18.5 Å². The SMILES string of the molecule is Cc1[nH]ncc1-c1nc2c(F)cc3[nH]ncc3c2c2c1CCCC2.S.[HH].[HH].[HH].[HH].[HH].[HH].[HH].[HH].[HH].[HH].[HH].[HH].[HH].[HH].[HH].[HH].[HH].[HH].[HH].[HH].[HH].[HH].[HH].[HH].[HH].[HH].[HH].[HH].[HH].[HH].[HH].[HH].[HH].[HH].[HH].[HH].[HH].[HH].[HH].[HH].[HH].[HH].[HH].[HH].[HH].[HH].[HH].[HH].[HH].[HH].[HH].[HH].[HH].[HH].[HH].[HH].[HH].[HH].[HH].[HH].[HH].[HH].[HH].[HH].[HH].[HH].[HH].[HH].[HH].[HH].[HH].[HH].[HH].[HH].[HH].[HH]. The summed E-state index contributed by atoms with van der Waals surface area (Å²) in [4.78, 5) is 4.74. The van der Waals surface area contributed by atoms with Crippen molar-refractivity contribution < 1.29 is 113 Å². The van der Waals surface area contributed by atoms with Crippen molar-refractivity contribution in [3.05, 3.63) is 41.1 Å². The highest BCUT2D eigenvalue weighted by molar-refractivity contribution is 7.59. The molecule has 280 valence electrons. The Morgan fingerprint density at radius 1 is 1.08 bits per heavy atom. The van der Waals surface area contributed by atoms with Crippen molar-refractivity contribution in [2.45, 2.75) is 32.6 Å². The van der Waals surface area contributed by atoms with Crippen LogP contribution >= 0.6 is 13.5 Å². The topological polar surface area (TPSA) is 70.2 Å². The Kier molecular flexibility index (Phi) is 3.76. The zero-order valence-electron chi connectivity index (χ0n) is 13.8. The lowest BCUT2D eigenvalue weighted by Crippen LogP contribution is -2.08. The fraction of sp³-hybridized carbons (Fsp3) is 0.278.